The first-order valence-electron chi connectivity index (χ1n) is 7.99. The standard InChI is InChI=1S/C19H23N3S/c1-4-6-12-22(5-2)19-20-14-17(15-21-19)11-10-16-8-7-9-18(13-16)23-3/h7-9,13-15H,4-6,12H2,1-3H3. The fourth-order valence-electron chi connectivity index (χ4n) is 2.14. The summed E-state index contributed by atoms with van der Waals surface area (Å²) in [5.41, 5.74) is 1.86. The van der Waals surface area contributed by atoms with Gasteiger partial charge >= 0.3 is 0 Å². The summed E-state index contributed by atoms with van der Waals surface area (Å²) in [6.07, 6.45) is 8.02. The zero-order chi connectivity index (χ0) is 16.5. The molecule has 2 rings (SSSR count). The van der Waals surface area contributed by atoms with Crippen LogP contribution in [0.5, 0.6) is 0 Å². The topological polar surface area (TPSA) is 29.0 Å². The van der Waals surface area contributed by atoms with Crippen LogP contribution in [0.1, 0.15) is 37.8 Å². The molecule has 0 N–H and O–H groups in total. The SMILES string of the molecule is CCCCN(CC)c1ncc(C#Cc2cccc(SC)c2)cn1. The van der Waals surface area contributed by atoms with Gasteiger partial charge in [-0.2, -0.15) is 0 Å². The summed E-state index contributed by atoms with van der Waals surface area (Å²) in [7, 11) is 0. The highest BCUT2D eigenvalue weighted by Gasteiger charge is 2.05. The number of hydrogen-bond acceptors (Lipinski definition) is 4. The first kappa shape index (κ1) is 17.4. The van der Waals surface area contributed by atoms with Gasteiger partial charge in [-0.15, -0.1) is 11.8 Å². The summed E-state index contributed by atoms with van der Waals surface area (Å²) in [5, 5.41) is 0. The van der Waals surface area contributed by atoms with Crippen molar-refractivity contribution < 1.29 is 0 Å². The van der Waals surface area contributed by atoms with Gasteiger partial charge in [-0.1, -0.05) is 31.3 Å². The van der Waals surface area contributed by atoms with Crippen LogP contribution in [0, 0.1) is 11.8 Å². The minimum atomic E-state index is 0.788. The average molecular weight is 325 g/mol. The molecule has 23 heavy (non-hydrogen) atoms. The third-order valence-electron chi connectivity index (χ3n) is 3.51. The van der Waals surface area contributed by atoms with E-state index in [1.807, 2.05) is 24.5 Å². The summed E-state index contributed by atoms with van der Waals surface area (Å²) >= 11 is 1.72. The molecule has 0 saturated carbocycles. The number of nitrogens with zero attached hydrogens (tertiary/aromatic N) is 3. The van der Waals surface area contributed by atoms with Gasteiger partial charge in [0.15, 0.2) is 0 Å². The molecule has 4 heteroatoms. The molecule has 1 aromatic carbocycles. The molecule has 0 aliphatic carbocycles. The van der Waals surface area contributed by atoms with Crippen LogP contribution >= 0.6 is 11.8 Å². The third kappa shape index (κ3) is 5.30. The van der Waals surface area contributed by atoms with E-state index >= 15 is 0 Å². The van der Waals surface area contributed by atoms with Crippen LogP contribution in [0.4, 0.5) is 5.95 Å². The van der Waals surface area contributed by atoms with Crippen LogP contribution in [0.3, 0.4) is 0 Å². The van der Waals surface area contributed by atoms with Gasteiger partial charge in [0.2, 0.25) is 5.95 Å². The maximum absolute atomic E-state index is 4.46. The Bertz CT molecular complexity index is 671. The van der Waals surface area contributed by atoms with Crippen molar-refractivity contribution in [3.63, 3.8) is 0 Å². The lowest BCUT2D eigenvalue weighted by atomic mass is 10.2. The number of aromatic nitrogens is 2. The summed E-state index contributed by atoms with van der Waals surface area (Å²) in [6, 6.07) is 8.23. The lowest BCUT2D eigenvalue weighted by Gasteiger charge is -2.19. The molecule has 1 heterocycles. The van der Waals surface area contributed by atoms with Crippen LogP contribution in [0.2, 0.25) is 0 Å². The molecule has 0 aliphatic heterocycles. The Balaban J connectivity index is 2.09. The van der Waals surface area contributed by atoms with E-state index in [9.17, 15) is 0 Å². The predicted molar refractivity (Wildman–Crippen MR) is 99.0 cm³/mol. The highest BCUT2D eigenvalue weighted by Crippen LogP contribution is 2.15. The summed E-state index contributed by atoms with van der Waals surface area (Å²) < 4.78 is 0. The zero-order valence-corrected chi connectivity index (χ0v) is 14.9. The van der Waals surface area contributed by atoms with Gasteiger partial charge in [-0.25, -0.2) is 9.97 Å². The molecule has 0 bridgehead atoms. The molecular weight excluding hydrogens is 302 g/mol. The molecular formula is C19H23N3S. The molecule has 0 saturated heterocycles. The van der Waals surface area contributed by atoms with Crippen LogP contribution in [0.25, 0.3) is 0 Å². The fraction of sp³-hybridized carbons (Fsp3) is 0.368. The molecule has 120 valence electrons. The van der Waals surface area contributed by atoms with Crippen LogP contribution < -0.4 is 4.90 Å². The van der Waals surface area contributed by atoms with E-state index in [0.29, 0.717) is 0 Å². The van der Waals surface area contributed by atoms with Crippen molar-refractivity contribution in [2.45, 2.75) is 31.6 Å². The molecule has 3 nitrogen and oxygen atoms in total. The number of unbranched alkanes of at least 4 members (excludes halogenated alkanes) is 1. The zero-order valence-electron chi connectivity index (χ0n) is 14.0. The van der Waals surface area contributed by atoms with E-state index < -0.39 is 0 Å². The van der Waals surface area contributed by atoms with Crippen molar-refractivity contribution in [1.82, 2.24) is 9.97 Å². The third-order valence-corrected chi connectivity index (χ3v) is 4.23. The van der Waals surface area contributed by atoms with E-state index in [-0.39, 0.29) is 0 Å². The molecule has 0 atom stereocenters. The van der Waals surface area contributed by atoms with Crippen LogP contribution in [-0.4, -0.2) is 29.3 Å². The minimum absolute atomic E-state index is 0.788. The molecule has 1 aromatic heterocycles. The summed E-state index contributed by atoms with van der Waals surface area (Å²) in [6.45, 7) is 6.25. The van der Waals surface area contributed by atoms with Crippen molar-refractivity contribution >= 4 is 17.7 Å². The Morgan fingerprint density at radius 1 is 1.09 bits per heavy atom. The van der Waals surface area contributed by atoms with Crippen molar-refractivity contribution in [2.24, 2.45) is 0 Å². The first-order valence-corrected chi connectivity index (χ1v) is 9.22. The number of thioether (sulfide) groups is 1. The van der Waals surface area contributed by atoms with E-state index in [0.717, 1.165) is 36.6 Å². The maximum atomic E-state index is 4.46. The maximum Gasteiger partial charge on any atom is 0.225 e. The van der Waals surface area contributed by atoms with Crippen LogP contribution in [0.15, 0.2) is 41.6 Å². The first-order chi connectivity index (χ1) is 11.3. The molecule has 0 fully saturated rings. The number of anilines is 1. The van der Waals surface area contributed by atoms with E-state index in [4.69, 9.17) is 0 Å². The smallest absolute Gasteiger partial charge is 0.225 e. The lowest BCUT2D eigenvalue weighted by molar-refractivity contribution is 0.713. The Morgan fingerprint density at radius 3 is 2.48 bits per heavy atom. The highest BCUT2D eigenvalue weighted by molar-refractivity contribution is 7.98. The van der Waals surface area contributed by atoms with Gasteiger partial charge in [-0.05, 0) is 37.8 Å². The molecule has 0 radical (unpaired) electrons. The van der Waals surface area contributed by atoms with E-state index in [1.165, 1.54) is 11.3 Å². The monoisotopic (exact) mass is 325 g/mol. The molecule has 2 aromatic rings. The minimum Gasteiger partial charge on any atom is -0.341 e. The second-order valence-electron chi connectivity index (χ2n) is 5.19. The molecule has 0 aliphatic rings. The predicted octanol–water partition coefficient (Wildman–Crippen LogP) is 4.22. The van der Waals surface area contributed by atoms with Crippen molar-refractivity contribution in [1.29, 1.82) is 0 Å². The Kier molecular flexibility index (Phi) is 6.96. The van der Waals surface area contributed by atoms with Crippen LogP contribution in [-0.2, 0) is 0 Å². The van der Waals surface area contributed by atoms with Gasteiger partial charge in [0.25, 0.3) is 0 Å². The fourth-order valence-corrected chi connectivity index (χ4v) is 2.60. The highest BCUT2D eigenvalue weighted by atomic mass is 32.2. The second-order valence-corrected chi connectivity index (χ2v) is 6.07. The summed E-state index contributed by atoms with van der Waals surface area (Å²) in [5.74, 6) is 7.10. The average Bonchev–Trinajstić information content (AvgIpc) is 2.61. The van der Waals surface area contributed by atoms with Gasteiger partial charge in [0.05, 0.1) is 5.56 Å². The van der Waals surface area contributed by atoms with E-state index in [1.54, 1.807) is 11.8 Å². The number of hydrogen-bond donors (Lipinski definition) is 0. The number of benzene rings is 1. The Morgan fingerprint density at radius 2 is 1.83 bits per heavy atom. The van der Waals surface area contributed by atoms with Crippen molar-refractivity contribution in [2.75, 3.05) is 24.2 Å². The van der Waals surface area contributed by atoms with Gasteiger partial charge in [-0.3, -0.25) is 0 Å². The van der Waals surface area contributed by atoms with Gasteiger partial charge < -0.3 is 4.90 Å². The lowest BCUT2D eigenvalue weighted by Crippen LogP contribution is -2.25. The summed E-state index contributed by atoms with van der Waals surface area (Å²) in [4.78, 5) is 12.3. The van der Waals surface area contributed by atoms with Crippen molar-refractivity contribution in [3.8, 4) is 11.8 Å². The van der Waals surface area contributed by atoms with E-state index in [2.05, 4.69) is 58.9 Å². The van der Waals surface area contributed by atoms with Gasteiger partial charge in [0, 0.05) is 35.9 Å². The number of rotatable bonds is 6. The van der Waals surface area contributed by atoms with Crippen molar-refractivity contribution in [3.05, 3.63) is 47.8 Å². The largest absolute Gasteiger partial charge is 0.341 e. The second kappa shape index (κ2) is 9.22. The normalized spacial score (nSPS) is 10.0. The Hall–Kier alpha value is -1.99. The molecule has 0 spiro atoms. The quantitative estimate of drug-likeness (QED) is 0.587. The Labute approximate surface area is 143 Å². The van der Waals surface area contributed by atoms with Gasteiger partial charge in [0.1, 0.15) is 0 Å². The molecule has 0 amide bonds. The molecule has 0 unspecified atom stereocenters.